The number of nitrogens with zero attached hydrogens (tertiary/aromatic N) is 1. The van der Waals surface area contributed by atoms with Crippen LogP contribution in [0.25, 0.3) is 0 Å². The van der Waals surface area contributed by atoms with Crippen LogP contribution in [0.5, 0.6) is 5.75 Å². The average molecular weight is 372 g/mol. The van der Waals surface area contributed by atoms with Crippen molar-refractivity contribution in [1.29, 1.82) is 0 Å². The van der Waals surface area contributed by atoms with Crippen LogP contribution in [0.2, 0.25) is 0 Å². The minimum atomic E-state index is -1.14. The van der Waals surface area contributed by atoms with E-state index in [9.17, 15) is 19.7 Å². The van der Waals surface area contributed by atoms with E-state index in [4.69, 9.17) is 9.47 Å². The number of nitrogens with one attached hydrogen (secondary N) is 1. The molecule has 1 amide bonds. The van der Waals surface area contributed by atoms with Crippen LogP contribution in [-0.2, 0) is 20.7 Å². The Bertz CT molecular complexity index is 819. The highest BCUT2D eigenvalue weighted by Crippen LogP contribution is 2.23. The van der Waals surface area contributed by atoms with Gasteiger partial charge in [-0.2, -0.15) is 0 Å². The van der Waals surface area contributed by atoms with Gasteiger partial charge in [-0.3, -0.25) is 14.9 Å². The molecule has 0 heterocycles. The molecule has 0 aliphatic heterocycles. The lowest BCUT2D eigenvalue weighted by molar-refractivity contribution is -0.383. The van der Waals surface area contributed by atoms with Crippen molar-refractivity contribution in [1.82, 2.24) is 0 Å². The summed E-state index contributed by atoms with van der Waals surface area (Å²) in [4.78, 5) is 34.3. The first-order valence-corrected chi connectivity index (χ1v) is 8.36. The topological polar surface area (TPSA) is 108 Å². The van der Waals surface area contributed by atoms with Crippen molar-refractivity contribution < 1.29 is 24.0 Å². The van der Waals surface area contributed by atoms with E-state index in [0.717, 1.165) is 12.0 Å². The van der Waals surface area contributed by atoms with Gasteiger partial charge >= 0.3 is 5.97 Å². The normalized spacial score (nSPS) is 11.3. The highest BCUT2D eigenvalue weighted by Gasteiger charge is 2.21. The van der Waals surface area contributed by atoms with E-state index >= 15 is 0 Å². The Balaban J connectivity index is 1.86. The van der Waals surface area contributed by atoms with Crippen molar-refractivity contribution in [3.05, 3.63) is 64.2 Å². The van der Waals surface area contributed by atoms with E-state index in [-0.39, 0.29) is 18.0 Å². The fourth-order valence-corrected chi connectivity index (χ4v) is 2.22. The Morgan fingerprint density at radius 3 is 2.44 bits per heavy atom. The molecule has 2 aromatic carbocycles. The van der Waals surface area contributed by atoms with E-state index in [1.807, 2.05) is 19.1 Å². The fraction of sp³-hybridized carbons (Fsp3) is 0.263. The van der Waals surface area contributed by atoms with Gasteiger partial charge in [-0.25, -0.2) is 4.79 Å². The number of anilines is 1. The number of carbonyl (C=O) groups excluding carboxylic acids is 2. The van der Waals surface area contributed by atoms with Crippen molar-refractivity contribution in [3.8, 4) is 5.75 Å². The van der Waals surface area contributed by atoms with Crippen molar-refractivity contribution in [2.45, 2.75) is 26.4 Å². The lowest BCUT2D eigenvalue weighted by Gasteiger charge is -2.14. The summed E-state index contributed by atoms with van der Waals surface area (Å²) in [6.45, 7) is 3.05. The Labute approximate surface area is 156 Å². The molecule has 0 fully saturated rings. The van der Waals surface area contributed by atoms with Gasteiger partial charge in [0.2, 0.25) is 0 Å². The third-order valence-electron chi connectivity index (χ3n) is 3.72. The van der Waals surface area contributed by atoms with Crippen molar-refractivity contribution in [2.75, 3.05) is 11.9 Å². The zero-order valence-electron chi connectivity index (χ0n) is 15.0. The summed E-state index contributed by atoms with van der Waals surface area (Å²) in [6.07, 6.45) is -0.238. The molecule has 0 spiro atoms. The Morgan fingerprint density at radius 2 is 1.81 bits per heavy atom. The largest absolute Gasteiger partial charge is 0.482 e. The number of carbonyl (C=O) groups is 2. The minimum Gasteiger partial charge on any atom is -0.482 e. The molecule has 8 nitrogen and oxygen atoms in total. The smallest absolute Gasteiger partial charge is 0.344 e. The molecule has 0 saturated heterocycles. The Hall–Kier alpha value is -3.42. The fourth-order valence-electron chi connectivity index (χ4n) is 2.22. The zero-order chi connectivity index (χ0) is 19.8. The quantitative estimate of drug-likeness (QED) is 0.433. The van der Waals surface area contributed by atoms with Gasteiger partial charge in [0.25, 0.3) is 11.6 Å². The first kappa shape index (κ1) is 19.9. The molecule has 0 bridgehead atoms. The second-order valence-corrected chi connectivity index (χ2v) is 5.68. The molecule has 8 heteroatoms. The van der Waals surface area contributed by atoms with Crippen LogP contribution in [0, 0.1) is 10.1 Å². The number of esters is 1. The Morgan fingerprint density at radius 1 is 1.15 bits per heavy atom. The van der Waals surface area contributed by atoms with Crippen LogP contribution in [0.4, 0.5) is 11.4 Å². The molecule has 0 aliphatic carbocycles. The maximum atomic E-state index is 12.1. The van der Waals surface area contributed by atoms with Crippen LogP contribution in [-0.4, -0.2) is 29.5 Å². The summed E-state index contributed by atoms with van der Waals surface area (Å²) in [6, 6.07) is 13.0. The molecule has 2 rings (SSSR count). The third-order valence-corrected chi connectivity index (χ3v) is 3.72. The van der Waals surface area contributed by atoms with E-state index in [1.165, 1.54) is 25.1 Å². The van der Waals surface area contributed by atoms with Crippen LogP contribution >= 0.6 is 0 Å². The number of rotatable bonds is 8. The molecule has 27 heavy (non-hydrogen) atoms. The monoisotopic (exact) mass is 372 g/mol. The van der Waals surface area contributed by atoms with Gasteiger partial charge in [0.15, 0.2) is 12.7 Å². The summed E-state index contributed by atoms with van der Waals surface area (Å²) in [7, 11) is 0. The summed E-state index contributed by atoms with van der Waals surface area (Å²) in [5, 5.41) is 13.3. The van der Waals surface area contributed by atoms with Crippen molar-refractivity contribution in [2.24, 2.45) is 0 Å². The summed E-state index contributed by atoms with van der Waals surface area (Å²) in [5.41, 5.74) is 0.927. The highest BCUT2D eigenvalue weighted by molar-refractivity contribution is 5.96. The van der Waals surface area contributed by atoms with Gasteiger partial charge in [0.05, 0.1) is 4.92 Å². The standard InChI is InChI=1S/C19H20N2O6/c1-3-14-8-10-15(11-9-14)26-12-18(22)27-13(2)19(23)20-16-6-4-5-7-17(16)21(24)25/h4-11,13H,3,12H2,1-2H3,(H,20,23)/t13-/m0/s1. The number of para-hydroxylation sites is 2. The molecule has 0 aromatic heterocycles. The molecular formula is C19H20N2O6. The van der Waals surface area contributed by atoms with Gasteiger partial charge in [-0.15, -0.1) is 0 Å². The maximum absolute atomic E-state index is 12.1. The Kier molecular flexibility index (Phi) is 6.87. The van der Waals surface area contributed by atoms with Crippen LogP contribution < -0.4 is 10.1 Å². The van der Waals surface area contributed by atoms with E-state index in [1.54, 1.807) is 18.2 Å². The van der Waals surface area contributed by atoms with Gasteiger partial charge in [-0.1, -0.05) is 31.2 Å². The number of nitro benzene ring substituents is 1. The van der Waals surface area contributed by atoms with Gasteiger partial charge < -0.3 is 14.8 Å². The lowest BCUT2D eigenvalue weighted by Crippen LogP contribution is -2.31. The molecule has 2 aromatic rings. The number of benzene rings is 2. The number of hydrogen-bond acceptors (Lipinski definition) is 6. The summed E-state index contributed by atoms with van der Waals surface area (Å²) in [5.74, 6) is -0.883. The average Bonchev–Trinajstić information content (AvgIpc) is 2.67. The first-order valence-electron chi connectivity index (χ1n) is 8.36. The predicted molar refractivity (Wildman–Crippen MR) is 98.6 cm³/mol. The van der Waals surface area contributed by atoms with Gasteiger partial charge in [0, 0.05) is 6.07 Å². The van der Waals surface area contributed by atoms with Crippen LogP contribution in [0.1, 0.15) is 19.4 Å². The number of nitro groups is 1. The summed E-state index contributed by atoms with van der Waals surface area (Å²) >= 11 is 0. The number of aryl methyl sites for hydroxylation is 1. The SMILES string of the molecule is CCc1ccc(OCC(=O)O[C@@H](C)C(=O)Nc2ccccc2[N+](=O)[O-])cc1. The van der Waals surface area contributed by atoms with Crippen LogP contribution in [0.15, 0.2) is 48.5 Å². The zero-order valence-corrected chi connectivity index (χ0v) is 15.0. The molecule has 0 saturated carbocycles. The molecule has 142 valence electrons. The van der Waals surface area contributed by atoms with Gasteiger partial charge in [0.1, 0.15) is 11.4 Å². The molecule has 1 atom stereocenters. The maximum Gasteiger partial charge on any atom is 0.344 e. The molecule has 0 radical (unpaired) electrons. The molecule has 1 N–H and O–H groups in total. The van der Waals surface area contributed by atoms with E-state index < -0.39 is 22.9 Å². The number of amides is 1. The second-order valence-electron chi connectivity index (χ2n) is 5.68. The molecule has 0 unspecified atom stereocenters. The molecule has 0 aliphatic rings. The lowest BCUT2D eigenvalue weighted by atomic mass is 10.2. The predicted octanol–water partition coefficient (Wildman–Crippen LogP) is 3.11. The highest BCUT2D eigenvalue weighted by atomic mass is 16.6. The van der Waals surface area contributed by atoms with Crippen molar-refractivity contribution in [3.63, 3.8) is 0 Å². The summed E-state index contributed by atoms with van der Waals surface area (Å²) < 4.78 is 10.3. The van der Waals surface area contributed by atoms with E-state index in [0.29, 0.717) is 5.75 Å². The third kappa shape index (κ3) is 5.81. The second kappa shape index (κ2) is 9.33. The molecular weight excluding hydrogens is 352 g/mol. The first-order chi connectivity index (χ1) is 12.9. The van der Waals surface area contributed by atoms with E-state index in [2.05, 4.69) is 5.32 Å². The van der Waals surface area contributed by atoms with Crippen molar-refractivity contribution >= 4 is 23.3 Å². The van der Waals surface area contributed by atoms with Gasteiger partial charge in [-0.05, 0) is 37.1 Å². The number of ether oxygens (including phenoxy) is 2. The minimum absolute atomic E-state index is 0.0302. The number of hydrogen-bond donors (Lipinski definition) is 1. The van der Waals surface area contributed by atoms with Crippen LogP contribution in [0.3, 0.4) is 0 Å².